The van der Waals surface area contributed by atoms with Gasteiger partial charge in [-0.05, 0) is 80.3 Å². The Kier molecular flexibility index (Phi) is 5.31. The van der Waals surface area contributed by atoms with Crippen molar-refractivity contribution in [3.05, 3.63) is 58.6 Å². The molecule has 5 nitrogen and oxygen atoms in total. The van der Waals surface area contributed by atoms with Crippen molar-refractivity contribution < 1.29 is 0 Å². The van der Waals surface area contributed by atoms with Crippen molar-refractivity contribution in [3.8, 4) is 0 Å². The molecule has 2 heterocycles. The summed E-state index contributed by atoms with van der Waals surface area (Å²) in [6.45, 7) is 11.8. The van der Waals surface area contributed by atoms with Gasteiger partial charge >= 0.3 is 0 Å². The first-order chi connectivity index (χ1) is 13.8. The molecule has 0 amide bonds. The second kappa shape index (κ2) is 7.63. The molecule has 152 valence electrons. The Hall–Kier alpha value is -2.09. The van der Waals surface area contributed by atoms with Gasteiger partial charge in [-0.15, -0.1) is 0 Å². The van der Waals surface area contributed by atoms with E-state index in [0.29, 0.717) is 0 Å². The summed E-state index contributed by atoms with van der Waals surface area (Å²) in [4.78, 5) is 2.27. The summed E-state index contributed by atoms with van der Waals surface area (Å²) < 4.78 is 2.99. The maximum absolute atomic E-state index is 5.14. The van der Waals surface area contributed by atoms with Gasteiger partial charge in [-0.2, -0.15) is 10.2 Å². The molecule has 0 radical (unpaired) electrons. The van der Waals surface area contributed by atoms with Gasteiger partial charge in [-0.25, -0.2) is 0 Å². The summed E-state index contributed by atoms with van der Waals surface area (Å²) in [5.41, 5.74) is 3.68. The summed E-state index contributed by atoms with van der Waals surface area (Å²) in [5, 5.41) is 12.9. The molecule has 1 aliphatic heterocycles. The average Bonchev–Trinajstić information content (AvgIpc) is 3.32. The molecule has 0 atom stereocenters. The summed E-state index contributed by atoms with van der Waals surface area (Å²) in [5.74, 6) is 0.801. The third-order valence-electron chi connectivity index (χ3n) is 5.43. The Labute approximate surface area is 186 Å². The van der Waals surface area contributed by atoms with Crippen LogP contribution in [-0.2, 0) is 7.05 Å². The minimum atomic E-state index is -0.293. The van der Waals surface area contributed by atoms with Crippen LogP contribution in [0.25, 0.3) is 10.9 Å². The Bertz CT molecular complexity index is 1040. The monoisotopic (exact) mass is 501 g/mol. The highest BCUT2D eigenvalue weighted by Crippen LogP contribution is 2.36. The van der Waals surface area contributed by atoms with Crippen LogP contribution < -0.4 is 5.01 Å². The number of hydrogen-bond acceptors (Lipinski definition) is 4. The SMILES string of the molecule is C=C1/C(=N\N(c2ccc3nn(C)cc3c2)C(C)(C)/C=C\C)C(I)=CN1CC1CC1. The summed E-state index contributed by atoms with van der Waals surface area (Å²) in [7, 11) is 1.95. The lowest BCUT2D eigenvalue weighted by Crippen LogP contribution is -2.39. The van der Waals surface area contributed by atoms with E-state index in [2.05, 4.69) is 94.6 Å². The topological polar surface area (TPSA) is 36.7 Å². The molecule has 1 aromatic carbocycles. The van der Waals surface area contributed by atoms with Crippen LogP contribution >= 0.6 is 22.6 Å². The van der Waals surface area contributed by atoms with Gasteiger partial charge in [-0.1, -0.05) is 18.7 Å². The number of aromatic nitrogens is 2. The lowest BCUT2D eigenvalue weighted by molar-refractivity contribution is 0.467. The summed E-state index contributed by atoms with van der Waals surface area (Å²) >= 11 is 2.38. The Morgan fingerprint density at radius 2 is 2.14 bits per heavy atom. The first-order valence-electron chi connectivity index (χ1n) is 10.1. The molecule has 29 heavy (non-hydrogen) atoms. The highest BCUT2D eigenvalue weighted by molar-refractivity contribution is 14.1. The number of rotatable bonds is 6. The van der Waals surface area contributed by atoms with E-state index in [0.717, 1.165) is 44.0 Å². The van der Waals surface area contributed by atoms with Crippen LogP contribution in [0.15, 0.2) is 63.7 Å². The highest BCUT2D eigenvalue weighted by atomic mass is 127. The molecule has 0 spiro atoms. The van der Waals surface area contributed by atoms with Crippen molar-refractivity contribution in [2.24, 2.45) is 18.1 Å². The van der Waals surface area contributed by atoms with E-state index in [1.54, 1.807) is 0 Å². The van der Waals surface area contributed by atoms with E-state index < -0.39 is 0 Å². The largest absolute Gasteiger partial charge is 0.345 e. The van der Waals surface area contributed by atoms with Gasteiger partial charge in [-0.3, -0.25) is 9.69 Å². The Balaban J connectivity index is 1.75. The molecule has 1 aromatic heterocycles. The van der Waals surface area contributed by atoms with E-state index in [1.807, 2.05) is 24.9 Å². The maximum atomic E-state index is 5.14. The summed E-state index contributed by atoms with van der Waals surface area (Å²) in [6.07, 6.45) is 11.1. The predicted octanol–water partition coefficient (Wildman–Crippen LogP) is 5.61. The van der Waals surface area contributed by atoms with Crippen molar-refractivity contribution in [1.82, 2.24) is 14.7 Å². The average molecular weight is 501 g/mol. The number of hydrazone groups is 1. The van der Waals surface area contributed by atoms with E-state index in [9.17, 15) is 0 Å². The molecule has 4 rings (SSSR count). The second-order valence-corrected chi connectivity index (χ2v) is 9.64. The lowest BCUT2D eigenvalue weighted by atomic mass is 10.0. The van der Waals surface area contributed by atoms with Gasteiger partial charge in [0.15, 0.2) is 0 Å². The number of aryl methyl sites for hydroxylation is 1. The quantitative estimate of drug-likeness (QED) is 0.294. The number of anilines is 1. The van der Waals surface area contributed by atoms with Crippen LogP contribution in [0, 0.1) is 5.92 Å². The van der Waals surface area contributed by atoms with E-state index >= 15 is 0 Å². The standard InChI is InChI=1S/C23H28IN5/c1-6-11-23(3,4)29(19-9-10-21-18(12-19)14-27(5)25-21)26-22-16(2)28(15-20(22)24)13-17-7-8-17/h6,9-12,14-15,17H,2,7-8,13H2,1,3-5H3/b11-6-,26-22+. The zero-order valence-electron chi connectivity index (χ0n) is 17.6. The zero-order chi connectivity index (χ0) is 20.8. The first-order valence-corrected chi connectivity index (χ1v) is 11.2. The molecule has 2 aromatic rings. The molecule has 1 saturated carbocycles. The Morgan fingerprint density at radius 3 is 2.83 bits per heavy atom. The molecule has 0 saturated heterocycles. The van der Waals surface area contributed by atoms with Gasteiger partial charge < -0.3 is 4.90 Å². The van der Waals surface area contributed by atoms with Crippen molar-refractivity contribution >= 4 is 44.9 Å². The molecule has 1 aliphatic carbocycles. The molecular formula is C23H28IN5. The zero-order valence-corrected chi connectivity index (χ0v) is 19.7. The number of hydrogen-bond donors (Lipinski definition) is 0. The van der Waals surface area contributed by atoms with E-state index in [-0.39, 0.29) is 5.54 Å². The van der Waals surface area contributed by atoms with E-state index in [4.69, 9.17) is 5.10 Å². The van der Waals surface area contributed by atoms with Gasteiger partial charge in [0.1, 0.15) is 5.71 Å². The molecule has 2 aliphatic rings. The number of halogens is 1. The molecule has 1 fully saturated rings. The minimum absolute atomic E-state index is 0.293. The normalized spacial score (nSPS) is 19.1. The Morgan fingerprint density at radius 1 is 1.38 bits per heavy atom. The third kappa shape index (κ3) is 4.13. The highest BCUT2D eigenvalue weighted by Gasteiger charge is 2.32. The van der Waals surface area contributed by atoms with Crippen molar-refractivity contribution in [1.29, 1.82) is 0 Å². The van der Waals surface area contributed by atoms with Crippen LogP contribution in [0.1, 0.15) is 33.6 Å². The van der Waals surface area contributed by atoms with Crippen LogP contribution in [0.5, 0.6) is 0 Å². The maximum Gasteiger partial charge on any atom is 0.121 e. The lowest BCUT2D eigenvalue weighted by Gasteiger charge is -2.34. The summed E-state index contributed by atoms with van der Waals surface area (Å²) in [6, 6.07) is 6.32. The van der Waals surface area contributed by atoms with Gasteiger partial charge in [0.25, 0.3) is 0 Å². The third-order valence-corrected chi connectivity index (χ3v) is 6.22. The first kappa shape index (κ1) is 20.2. The van der Waals surface area contributed by atoms with Crippen LogP contribution in [0.3, 0.4) is 0 Å². The number of allylic oxidation sites excluding steroid dienone is 2. The van der Waals surface area contributed by atoms with Gasteiger partial charge in [0.05, 0.1) is 26.0 Å². The fraction of sp³-hybridized carbons (Fsp3) is 0.391. The van der Waals surface area contributed by atoms with Crippen LogP contribution in [0.4, 0.5) is 5.69 Å². The van der Waals surface area contributed by atoms with Crippen molar-refractivity contribution in [2.75, 3.05) is 11.6 Å². The van der Waals surface area contributed by atoms with Crippen molar-refractivity contribution in [3.63, 3.8) is 0 Å². The van der Waals surface area contributed by atoms with Gasteiger partial charge in [0, 0.05) is 31.4 Å². The van der Waals surface area contributed by atoms with Crippen molar-refractivity contribution in [2.45, 2.75) is 39.2 Å². The molecule has 6 heteroatoms. The fourth-order valence-electron chi connectivity index (χ4n) is 3.76. The van der Waals surface area contributed by atoms with Gasteiger partial charge in [0.2, 0.25) is 0 Å². The molecule has 0 N–H and O–H groups in total. The van der Waals surface area contributed by atoms with Crippen LogP contribution in [0.2, 0.25) is 0 Å². The number of nitrogens with zero attached hydrogens (tertiary/aromatic N) is 5. The molecular weight excluding hydrogens is 473 g/mol. The minimum Gasteiger partial charge on any atom is -0.345 e. The fourth-order valence-corrected chi connectivity index (χ4v) is 4.52. The molecule has 0 bridgehead atoms. The second-order valence-electron chi connectivity index (χ2n) is 8.48. The van der Waals surface area contributed by atoms with E-state index in [1.165, 1.54) is 12.8 Å². The smallest absolute Gasteiger partial charge is 0.121 e. The number of benzene rings is 1. The molecule has 0 unspecified atom stereocenters. The van der Waals surface area contributed by atoms with Crippen LogP contribution in [-0.4, -0.2) is 32.5 Å². The number of fused-ring (bicyclic) bond motifs is 1. The predicted molar refractivity (Wildman–Crippen MR) is 130 cm³/mol.